The summed E-state index contributed by atoms with van der Waals surface area (Å²) in [6.07, 6.45) is 2.51. The van der Waals surface area contributed by atoms with E-state index in [1.165, 1.54) is 13.2 Å². The van der Waals surface area contributed by atoms with Gasteiger partial charge in [0.1, 0.15) is 5.82 Å². The second kappa shape index (κ2) is 10.0. The SMILES string of the molecule is CO[C@H](C(=O)Nc1ccnn1C1CCN(Cc2cccc(F)c2F)CC1)c1ccccc1. The summed E-state index contributed by atoms with van der Waals surface area (Å²) in [6.45, 7) is 1.81. The standard InChI is InChI=1S/C24H26F2N4O2/c1-32-23(17-6-3-2-4-7-17)24(31)28-21-10-13-27-30(21)19-11-14-29(15-12-19)16-18-8-5-9-20(25)22(18)26/h2-10,13,19,23H,11-12,14-16H2,1H3,(H,28,31)/t23-/m0/s1. The van der Waals surface area contributed by atoms with Gasteiger partial charge in [0.15, 0.2) is 17.7 Å². The predicted molar refractivity (Wildman–Crippen MR) is 117 cm³/mol. The quantitative estimate of drug-likeness (QED) is 0.594. The number of carbonyl (C=O) groups excluding carboxylic acids is 1. The maximum atomic E-state index is 14.0. The van der Waals surface area contributed by atoms with Gasteiger partial charge in [0, 0.05) is 38.4 Å². The number of nitrogens with one attached hydrogen (secondary N) is 1. The molecule has 1 fully saturated rings. The molecule has 1 amide bonds. The summed E-state index contributed by atoms with van der Waals surface area (Å²) >= 11 is 0. The number of halogens is 2. The van der Waals surface area contributed by atoms with E-state index >= 15 is 0 Å². The Morgan fingerprint density at radius 2 is 1.88 bits per heavy atom. The third-order valence-electron chi connectivity index (χ3n) is 5.83. The first-order valence-corrected chi connectivity index (χ1v) is 10.6. The summed E-state index contributed by atoms with van der Waals surface area (Å²) in [7, 11) is 1.51. The highest BCUT2D eigenvalue weighted by atomic mass is 19.2. The molecule has 1 atom stereocenters. The Hall–Kier alpha value is -3.10. The van der Waals surface area contributed by atoms with E-state index in [4.69, 9.17) is 4.74 Å². The number of likely N-dealkylation sites (tertiary alicyclic amines) is 1. The maximum Gasteiger partial charge on any atom is 0.259 e. The van der Waals surface area contributed by atoms with E-state index in [0.29, 0.717) is 17.9 Å². The molecule has 1 aromatic heterocycles. The minimum Gasteiger partial charge on any atom is -0.367 e. The lowest BCUT2D eigenvalue weighted by Gasteiger charge is -2.32. The Kier molecular flexibility index (Phi) is 6.92. The smallest absolute Gasteiger partial charge is 0.259 e. The number of nitrogens with zero attached hydrogens (tertiary/aromatic N) is 3. The summed E-state index contributed by atoms with van der Waals surface area (Å²) in [6, 6.07) is 15.5. The lowest BCUT2D eigenvalue weighted by atomic mass is 10.0. The Bertz CT molecular complexity index is 1050. The molecular formula is C24H26F2N4O2. The minimum absolute atomic E-state index is 0.103. The fraction of sp³-hybridized carbons (Fsp3) is 0.333. The number of ether oxygens (including phenoxy) is 1. The monoisotopic (exact) mass is 440 g/mol. The largest absolute Gasteiger partial charge is 0.367 e. The summed E-state index contributed by atoms with van der Waals surface area (Å²) in [5.74, 6) is -1.25. The highest BCUT2D eigenvalue weighted by Gasteiger charge is 2.26. The molecule has 1 saturated heterocycles. The maximum absolute atomic E-state index is 14.0. The van der Waals surface area contributed by atoms with Crippen LogP contribution in [0.5, 0.6) is 0 Å². The third kappa shape index (κ3) is 4.87. The van der Waals surface area contributed by atoms with E-state index < -0.39 is 17.7 Å². The molecule has 1 aliphatic heterocycles. The number of piperidine rings is 1. The minimum atomic E-state index is -0.820. The van der Waals surface area contributed by atoms with E-state index in [0.717, 1.165) is 37.6 Å². The van der Waals surface area contributed by atoms with Gasteiger partial charge in [-0.15, -0.1) is 0 Å². The van der Waals surface area contributed by atoms with Crippen molar-refractivity contribution in [3.8, 4) is 0 Å². The molecule has 0 radical (unpaired) electrons. The molecule has 6 nitrogen and oxygen atoms in total. The zero-order chi connectivity index (χ0) is 22.5. The zero-order valence-corrected chi connectivity index (χ0v) is 17.9. The number of carbonyl (C=O) groups is 1. The summed E-state index contributed by atoms with van der Waals surface area (Å²) in [4.78, 5) is 14.9. The van der Waals surface area contributed by atoms with Crippen molar-refractivity contribution in [1.29, 1.82) is 0 Å². The van der Waals surface area contributed by atoms with Crippen LogP contribution in [0.25, 0.3) is 0 Å². The Morgan fingerprint density at radius 3 is 2.59 bits per heavy atom. The van der Waals surface area contributed by atoms with E-state index in [9.17, 15) is 13.6 Å². The van der Waals surface area contributed by atoms with Gasteiger partial charge in [0.05, 0.1) is 12.2 Å². The van der Waals surface area contributed by atoms with Crippen LogP contribution < -0.4 is 5.32 Å². The van der Waals surface area contributed by atoms with Gasteiger partial charge < -0.3 is 10.1 Å². The number of amides is 1. The number of aromatic nitrogens is 2. The van der Waals surface area contributed by atoms with Crippen molar-refractivity contribution in [2.24, 2.45) is 0 Å². The summed E-state index contributed by atoms with van der Waals surface area (Å²) < 4.78 is 34.7. The molecular weight excluding hydrogens is 414 g/mol. The molecule has 2 heterocycles. The van der Waals surface area contributed by atoms with Crippen molar-refractivity contribution in [2.45, 2.75) is 31.5 Å². The van der Waals surface area contributed by atoms with Crippen LogP contribution in [0.2, 0.25) is 0 Å². The van der Waals surface area contributed by atoms with E-state index in [-0.39, 0.29) is 11.9 Å². The van der Waals surface area contributed by atoms with Gasteiger partial charge in [-0.25, -0.2) is 13.5 Å². The number of hydrogen-bond donors (Lipinski definition) is 1. The van der Waals surface area contributed by atoms with Crippen molar-refractivity contribution in [1.82, 2.24) is 14.7 Å². The van der Waals surface area contributed by atoms with E-state index in [1.54, 1.807) is 18.3 Å². The number of anilines is 1. The van der Waals surface area contributed by atoms with Gasteiger partial charge in [0.2, 0.25) is 0 Å². The Balaban J connectivity index is 1.38. The Labute approximate surface area is 185 Å². The van der Waals surface area contributed by atoms with Gasteiger partial charge in [-0.3, -0.25) is 9.69 Å². The summed E-state index contributed by atoms with van der Waals surface area (Å²) in [5, 5.41) is 7.35. The topological polar surface area (TPSA) is 59.4 Å². The lowest BCUT2D eigenvalue weighted by molar-refractivity contribution is -0.126. The number of hydrogen-bond acceptors (Lipinski definition) is 4. The fourth-order valence-electron chi connectivity index (χ4n) is 4.15. The van der Waals surface area contributed by atoms with Crippen LogP contribution in [0, 0.1) is 11.6 Å². The average Bonchev–Trinajstić information content (AvgIpc) is 3.27. The molecule has 2 aromatic carbocycles. The number of benzene rings is 2. The van der Waals surface area contributed by atoms with Crippen molar-refractivity contribution >= 4 is 11.7 Å². The number of rotatable bonds is 7. The molecule has 1 aliphatic rings. The molecule has 0 unspecified atom stereocenters. The molecule has 32 heavy (non-hydrogen) atoms. The molecule has 4 rings (SSSR count). The third-order valence-corrected chi connectivity index (χ3v) is 5.83. The highest BCUT2D eigenvalue weighted by Crippen LogP contribution is 2.28. The van der Waals surface area contributed by atoms with Crippen molar-refractivity contribution in [3.63, 3.8) is 0 Å². The molecule has 1 N–H and O–H groups in total. The van der Waals surface area contributed by atoms with Crippen LogP contribution >= 0.6 is 0 Å². The fourth-order valence-corrected chi connectivity index (χ4v) is 4.15. The van der Waals surface area contributed by atoms with Crippen molar-refractivity contribution < 1.29 is 18.3 Å². The van der Waals surface area contributed by atoms with Crippen LogP contribution in [-0.2, 0) is 16.1 Å². The molecule has 8 heteroatoms. The van der Waals surface area contributed by atoms with Crippen LogP contribution in [0.3, 0.4) is 0 Å². The average molecular weight is 440 g/mol. The van der Waals surface area contributed by atoms with Crippen molar-refractivity contribution in [3.05, 3.63) is 83.6 Å². The van der Waals surface area contributed by atoms with Crippen LogP contribution in [0.15, 0.2) is 60.8 Å². The zero-order valence-electron chi connectivity index (χ0n) is 17.9. The highest BCUT2D eigenvalue weighted by molar-refractivity contribution is 5.94. The van der Waals surface area contributed by atoms with Gasteiger partial charge in [-0.1, -0.05) is 42.5 Å². The molecule has 0 spiro atoms. The van der Waals surface area contributed by atoms with Crippen molar-refractivity contribution in [2.75, 3.05) is 25.5 Å². The molecule has 168 valence electrons. The van der Waals surface area contributed by atoms with Gasteiger partial charge in [-0.2, -0.15) is 5.10 Å². The van der Waals surface area contributed by atoms with E-state index in [2.05, 4.69) is 15.3 Å². The van der Waals surface area contributed by atoms with Crippen LogP contribution in [0.1, 0.15) is 36.1 Å². The predicted octanol–water partition coefficient (Wildman–Crippen LogP) is 4.32. The lowest BCUT2D eigenvalue weighted by Crippen LogP contribution is -2.35. The first-order chi connectivity index (χ1) is 15.6. The van der Waals surface area contributed by atoms with Gasteiger partial charge in [-0.05, 0) is 24.5 Å². The normalized spacial score (nSPS) is 16.1. The molecule has 3 aromatic rings. The first kappa shape index (κ1) is 22.1. The molecule has 0 aliphatic carbocycles. The second-order valence-electron chi connectivity index (χ2n) is 7.90. The molecule has 0 saturated carbocycles. The molecule has 0 bridgehead atoms. The van der Waals surface area contributed by atoms with E-state index in [1.807, 2.05) is 35.0 Å². The van der Waals surface area contributed by atoms with Gasteiger partial charge in [0.25, 0.3) is 5.91 Å². The van der Waals surface area contributed by atoms with Crippen LogP contribution in [0.4, 0.5) is 14.6 Å². The first-order valence-electron chi connectivity index (χ1n) is 10.6. The summed E-state index contributed by atoms with van der Waals surface area (Å²) in [5.41, 5.74) is 1.14. The number of methoxy groups -OCH3 is 1. The second-order valence-corrected chi connectivity index (χ2v) is 7.90. The van der Waals surface area contributed by atoms with Gasteiger partial charge >= 0.3 is 0 Å². The van der Waals surface area contributed by atoms with Crippen LogP contribution in [-0.4, -0.2) is 40.8 Å². The Morgan fingerprint density at radius 1 is 1.12 bits per heavy atom.